The molecule has 0 saturated carbocycles. The van der Waals surface area contributed by atoms with Gasteiger partial charge in [0.1, 0.15) is 12.6 Å². The van der Waals surface area contributed by atoms with Gasteiger partial charge in [0.2, 0.25) is 28.6 Å². The van der Waals surface area contributed by atoms with Crippen LogP contribution in [-0.2, 0) is 26.2 Å². The summed E-state index contributed by atoms with van der Waals surface area (Å²) in [5, 5.41) is 2.90. The number of nitrogens with zero attached hydrogens (tertiary/aromatic N) is 2. The molecule has 190 valence electrons. The van der Waals surface area contributed by atoms with Crippen LogP contribution in [0.15, 0.2) is 42.5 Å². The summed E-state index contributed by atoms with van der Waals surface area (Å²) < 4.78 is 37.0. The monoisotopic (exact) mass is 503 g/mol. The van der Waals surface area contributed by atoms with Crippen molar-refractivity contribution < 1.29 is 27.5 Å². The van der Waals surface area contributed by atoms with E-state index in [1.807, 2.05) is 52.0 Å². The second-order valence-corrected chi connectivity index (χ2v) is 11.6. The lowest BCUT2D eigenvalue weighted by Crippen LogP contribution is -2.54. The van der Waals surface area contributed by atoms with Crippen molar-refractivity contribution in [2.45, 2.75) is 52.7 Å². The number of rotatable bonds is 8. The highest BCUT2D eigenvalue weighted by molar-refractivity contribution is 7.92. The van der Waals surface area contributed by atoms with Gasteiger partial charge in [-0.2, -0.15) is 0 Å². The van der Waals surface area contributed by atoms with E-state index in [-0.39, 0.29) is 24.9 Å². The molecule has 2 amide bonds. The number of hydrogen-bond donors (Lipinski definition) is 1. The summed E-state index contributed by atoms with van der Waals surface area (Å²) in [5.41, 5.74) is 1.67. The van der Waals surface area contributed by atoms with Crippen LogP contribution < -0.4 is 19.1 Å². The summed E-state index contributed by atoms with van der Waals surface area (Å²) in [5.74, 6) is 0.0669. The van der Waals surface area contributed by atoms with Crippen molar-refractivity contribution in [1.29, 1.82) is 0 Å². The van der Waals surface area contributed by atoms with Crippen molar-refractivity contribution in [2.24, 2.45) is 0 Å². The number of carbonyl (C=O) groups is 2. The molecule has 0 aliphatic carbocycles. The van der Waals surface area contributed by atoms with Crippen molar-refractivity contribution >= 4 is 27.5 Å². The standard InChI is InChI=1S/C25H33N3O6S/c1-17-7-9-19(10-8-17)14-27(18(2)24(30)26-25(3,4)5)23(29)15-28(35(6,31)32)20-11-12-21-22(13-20)34-16-33-21/h7-13,18H,14-16H2,1-6H3,(H,26,30). The number of nitrogens with one attached hydrogen (secondary N) is 1. The number of aryl methyl sites for hydroxylation is 1. The molecule has 0 fully saturated rings. The van der Waals surface area contributed by atoms with Gasteiger partial charge in [-0.05, 0) is 52.3 Å². The number of benzene rings is 2. The molecule has 0 saturated heterocycles. The minimum absolute atomic E-state index is 0.0430. The largest absolute Gasteiger partial charge is 0.454 e. The second-order valence-electron chi connectivity index (χ2n) is 9.73. The Bertz CT molecular complexity index is 1190. The third-order valence-electron chi connectivity index (χ3n) is 5.46. The molecule has 1 heterocycles. The van der Waals surface area contributed by atoms with Gasteiger partial charge in [-0.1, -0.05) is 29.8 Å². The molecule has 1 N–H and O–H groups in total. The molecular formula is C25H33N3O6S. The fraction of sp³-hybridized carbons (Fsp3) is 0.440. The molecule has 9 nitrogen and oxygen atoms in total. The van der Waals surface area contributed by atoms with Crippen LogP contribution in [0.3, 0.4) is 0 Å². The Morgan fingerprint density at radius 1 is 1.06 bits per heavy atom. The Morgan fingerprint density at radius 2 is 1.69 bits per heavy atom. The van der Waals surface area contributed by atoms with Gasteiger partial charge in [0.15, 0.2) is 11.5 Å². The van der Waals surface area contributed by atoms with E-state index >= 15 is 0 Å². The molecule has 10 heteroatoms. The maximum absolute atomic E-state index is 13.6. The van der Waals surface area contributed by atoms with E-state index in [9.17, 15) is 18.0 Å². The van der Waals surface area contributed by atoms with Gasteiger partial charge in [-0.15, -0.1) is 0 Å². The molecule has 1 unspecified atom stereocenters. The fourth-order valence-electron chi connectivity index (χ4n) is 3.60. The van der Waals surface area contributed by atoms with E-state index in [0.717, 1.165) is 21.7 Å². The molecule has 35 heavy (non-hydrogen) atoms. The quantitative estimate of drug-likeness (QED) is 0.594. The summed E-state index contributed by atoms with van der Waals surface area (Å²) in [4.78, 5) is 27.9. The van der Waals surface area contributed by atoms with E-state index < -0.39 is 34.1 Å². The molecule has 0 spiro atoms. The Morgan fingerprint density at radius 3 is 2.29 bits per heavy atom. The molecule has 0 radical (unpaired) electrons. The predicted molar refractivity (Wildman–Crippen MR) is 134 cm³/mol. The number of amides is 2. The molecule has 0 aromatic heterocycles. The van der Waals surface area contributed by atoms with E-state index in [2.05, 4.69) is 5.32 Å². The zero-order chi connectivity index (χ0) is 26.0. The Balaban J connectivity index is 1.91. The van der Waals surface area contributed by atoms with Gasteiger partial charge in [0.25, 0.3) is 0 Å². The van der Waals surface area contributed by atoms with Crippen LogP contribution in [0.1, 0.15) is 38.8 Å². The van der Waals surface area contributed by atoms with E-state index in [4.69, 9.17) is 9.47 Å². The minimum Gasteiger partial charge on any atom is -0.454 e. The number of hydrogen-bond acceptors (Lipinski definition) is 6. The number of sulfonamides is 1. The summed E-state index contributed by atoms with van der Waals surface area (Å²) in [6, 6.07) is 11.5. The lowest BCUT2D eigenvalue weighted by Gasteiger charge is -2.33. The van der Waals surface area contributed by atoms with Crippen molar-refractivity contribution in [3.8, 4) is 11.5 Å². The zero-order valence-electron chi connectivity index (χ0n) is 21.0. The highest BCUT2D eigenvalue weighted by Crippen LogP contribution is 2.36. The average molecular weight is 504 g/mol. The van der Waals surface area contributed by atoms with Gasteiger partial charge in [-0.25, -0.2) is 8.42 Å². The number of anilines is 1. The molecule has 0 bridgehead atoms. The van der Waals surface area contributed by atoms with Gasteiger partial charge >= 0.3 is 0 Å². The number of ether oxygens (including phenoxy) is 2. The van der Waals surface area contributed by atoms with E-state index in [0.29, 0.717) is 11.5 Å². The first-order chi connectivity index (χ1) is 16.2. The van der Waals surface area contributed by atoms with Crippen molar-refractivity contribution in [3.63, 3.8) is 0 Å². The molecule has 1 atom stereocenters. The van der Waals surface area contributed by atoms with Gasteiger partial charge < -0.3 is 19.7 Å². The van der Waals surface area contributed by atoms with Gasteiger partial charge in [0, 0.05) is 18.2 Å². The van der Waals surface area contributed by atoms with Crippen LogP contribution in [0.4, 0.5) is 5.69 Å². The smallest absolute Gasteiger partial charge is 0.244 e. The highest BCUT2D eigenvalue weighted by Gasteiger charge is 2.32. The summed E-state index contributed by atoms with van der Waals surface area (Å²) >= 11 is 0. The predicted octanol–water partition coefficient (Wildman–Crippen LogP) is 2.82. The summed E-state index contributed by atoms with van der Waals surface area (Å²) in [6.45, 7) is 8.88. The van der Waals surface area contributed by atoms with Crippen LogP contribution in [-0.4, -0.2) is 56.3 Å². The molecule has 1 aliphatic rings. The molecule has 3 rings (SSSR count). The lowest BCUT2D eigenvalue weighted by atomic mass is 10.1. The normalized spacial score (nSPS) is 13.8. The first kappa shape index (κ1) is 26.3. The Kier molecular flexibility index (Phi) is 7.64. The Labute approximate surface area is 207 Å². The van der Waals surface area contributed by atoms with Crippen LogP contribution in [0, 0.1) is 6.92 Å². The van der Waals surface area contributed by atoms with Gasteiger partial charge in [0.05, 0.1) is 11.9 Å². The van der Waals surface area contributed by atoms with Crippen molar-refractivity contribution in [3.05, 3.63) is 53.6 Å². The van der Waals surface area contributed by atoms with Crippen LogP contribution in [0.5, 0.6) is 11.5 Å². The molecule has 2 aromatic carbocycles. The maximum atomic E-state index is 13.6. The fourth-order valence-corrected chi connectivity index (χ4v) is 4.44. The number of carbonyl (C=O) groups excluding carboxylic acids is 2. The third kappa shape index (κ3) is 6.88. The van der Waals surface area contributed by atoms with Crippen LogP contribution in [0.25, 0.3) is 0 Å². The van der Waals surface area contributed by atoms with Crippen molar-refractivity contribution in [2.75, 3.05) is 23.9 Å². The topological polar surface area (TPSA) is 105 Å². The highest BCUT2D eigenvalue weighted by atomic mass is 32.2. The minimum atomic E-state index is -3.83. The number of fused-ring (bicyclic) bond motifs is 1. The Hall–Kier alpha value is -3.27. The molecule has 2 aromatic rings. The van der Waals surface area contributed by atoms with E-state index in [1.54, 1.807) is 19.1 Å². The van der Waals surface area contributed by atoms with E-state index in [1.165, 1.54) is 11.0 Å². The lowest BCUT2D eigenvalue weighted by molar-refractivity contribution is -0.140. The van der Waals surface area contributed by atoms with Crippen molar-refractivity contribution in [1.82, 2.24) is 10.2 Å². The first-order valence-electron chi connectivity index (χ1n) is 11.3. The molecular weight excluding hydrogens is 470 g/mol. The molecule has 1 aliphatic heterocycles. The first-order valence-corrected chi connectivity index (χ1v) is 13.1. The third-order valence-corrected chi connectivity index (χ3v) is 6.60. The van der Waals surface area contributed by atoms with Crippen LogP contribution >= 0.6 is 0 Å². The average Bonchev–Trinajstić information content (AvgIpc) is 3.22. The van der Waals surface area contributed by atoms with Crippen LogP contribution in [0.2, 0.25) is 0 Å². The zero-order valence-corrected chi connectivity index (χ0v) is 21.8. The maximum Gasteiger partial charge on any atom is 0.244 e. The summed E-state index contributed by atoms with van der Waals surface area (Å²) in [6.07, 6.45) is 1.03. The summed E-state index contributed by atoms with van der Waals surface area (Å²) in [7, 11) is -3.83. The SMILES string of the molecule is Cc1ccc(CN(C(=O)CN(c2ccc3c(c2)OCO3)S(C)(=O)=O)C(C)C(=O)NC(C)(C)C)cc1. The van der Waals surface area contributed by atoms with Gasteiger partial charge in [-0.3, -0.25) is 13.9 Å². The second kappa shape index (κ2) is 10.2.